The van der Waals surface area contributed by atoms with Crippen LogP contribution in [0.15, 0.2) is 59.6 Å². The van der Waals surface area contributed by atoms with Crippen molar-refractivity contribution in [1.29, 1.82) is 5.26 Å². The maximum atomic E-state index is 9.32. The van der Waals surface area contributed by atoms with Gasteiger partial charge in [-0.1, -0.05) is 48.0 Å². The van der Waals surface area contributed by atoms with Crippen molar-refractivity contribution in [1.82, 2.24) is 4.98 Å². The highest BCUT2D eigenvalue weighted by atomic mass is 32.2. The van der Waals surface area contributed by atoms with Gasteiger partial charge in [-0.05, 0) is 18.6 Å². The summed E-state index contributed by atoms with van der Waals surface area (Å²) < 4.78 is 0. The van der Waals surface area contributed by atoms with Gasteiger partial charge in [-0.2, -0.15) is 5.26 Å². The lowest BCUT2D eigenvalue weighted by Gasteiger charge is -2.08. The average Bonchev–Trinajstić information content (AvgIpc) is 2.52. The van der Waals surface area contributed by atoms with Gasteiger partial charge >= 0.3 is 0 Å². The normalized spacial score (nSPS) is 10.5. The molecule has 0 N–H and O–H groups in total. The fraction of sp³-hybridized carbons (Fsp3) is 0.111. The highest BCUT2D eigenvalue weighted by Gasteiger charge is 2.09. The van der Waals surface area contributed by atoms with Crippen LogP contribution in [-0.4, -0.2) is 4.98 Å². The molecule has 0 aliphatic heterocycles. The molecule has 0 aliphatic carbocycles. The standard InChI is InChI=1S/C18H14N2S/c1-13-5-4-6-14(9-13)12-21-18-15(10-19)11-20-17-8-3-2-7-16(17)18/h2-9,11H,12H2,1H3. The number of aryl methyl sites for hydroxylation is 1. The number of para-hydroxylation sites is 1. The minimum absolute atomic E-state index is 0.645. The number of fused-ring (bicyclic) bond motifs is 1. The number of rotatable bonds is 3. The second-order valence-corrected chi connectivity index (χ2v) is 5.89. The van der Waals surface area contributed by atoms with E-state index in [1.54, 1.807) is 18.0 Å². The van der Waals surface area contributed by atoms with Crippen molar-refractivity contribution in [3.63, 3.8) is 0 Å². The molecule has 2 nitrogen and oxygen atoms in total. The van der Waals surface area contributed by atoms with Crippen molar-refractivity contribution >= 4 is 22.7 Å². The fourth-order valence-corrected chi connectivity index (χ4v) is 3.38. The summed E-state index contributed by atoms with van der Waals surface area (Å²) in [6.07, 6.45) is 1.67. The Morgan fingerprint density at radius 2 is 2.00 bits per heavy atom. The lowest BCUT2D eigenvalue weighted by atomic mass is 10.2. The Balaban J connectivity index is 1.98. The predicted molar refractivity (Wildman–Crippen MR) is 87.2 cm³/mol. The maximum absolute atomic E-state index is 9.32. The van der Waals surface area contributed by atoms with E-state index < -0.39 is 0 Å². The minimum Gasteiger partial charge on any atom is -0.255 e. The summed E-state index contributed by atoms with van der Waals surface area (Å²) in [5.41, 5.74) is 4.10. The molecular formula is C18H14N2S. The monoisotopic (exact) mass is 290 g/mol. The smallest absolute Gasteiger partial charge is 0.102 e. The quantitative estimate of drug-likeness (QED) is 0.656. The molecule has 0 radical (unpaired) electrons. The first-order valence-corrected chi connectivity index (χ1v) is 7.72. The first kappa shape index (κ1) is 13.7. The molecule has 0 unspecified atom stereocenters. The largest absolute Gasteiger partial charge is 0.255 e. The van der Waals surface area contributed by atoms with Gasteiger partial charge in [-0.3, -0.25) is 4.98 Å². The van der Waals surface area contributed by atoms with E-state index in [1.807, 2.05) is 24.3 Å². The van der Waals surface area contributed by atoms with Gasteiger partial charge in [0.1, 0.15) is 6.07 Å². The van der Waals surface area contributed by atoms with E-state index in [-0.39, 0.29) is 0 Å². The van der Waals surface area contributed by atoms with E-state index in [2.05, 4.69) is 42.2 Å². The Bertz CT molecular complexity index is 834. The molecule has 0 spiro atoms. The summed E-state index contributed by atoms with van der Waals surface area (Å²) in [5.74, 6) is 0.852. The van der Waals surface area contributed by atoms with Crippen LogP contribution in [0.2, 0.25) is 0 Å². The van der Waals surface area contributed by atoms with E-state index in [0.29, 0.717) is 5.56 Å². The topological polar surface area (TPSA) is 36.7 Å². The van der Waals surface area contributed by atoms with Gasteiger partial charge in [0.2, 0.25) is 0 Å². The molecule has 1 heterocycles. The minimum atomic E-state index is 0.645. The molecule has 0 saturated carbocycles. The van der Waals surface area contributed by atoms with Gasteiger partial charge in [-0.25, -0.2) is 0 Å². The number of benzene rings is 2. The van der Waals surface area contributed by atoms with Crippen LogP contribution in [0.4, 0.5) is 0 Å². The van der Waals surface area contributed by atoms with Gasteiger partial charge in [-0.15, -0.1) is 11.8 Å². The number of thioether (sulfide) groups is 1. The summed E-state index contributed by atoms with van der Waals surface area (Å²) in [6.45, 7) is 2.09. The Kier molecular flexibility index (Phi) is 3.89. The molecule has 0 atom stereocenters. The van der Waals surface area contributed by atoms with Crippen LogP contribution in [0.1, 0.15) is 16.7 Å². The number of pyridine rings is 1. The van der Waals surface area contributed by atoms with Crippen LogP contribution in [0.25, 0.3) is 10.9 Å². The summed E-state index contributed by atoms with van der Waals surface area (Å²) in [4.78, 5) is 5.36. The number of nitrogens with zero attached hydrogens (tertiary/aromatic N) is 2. The van der Waals surface area contributed by atoms with Crippen LogP contribution in [0, 0.1) is 18.3 Å². The van der Waals surface area contributed by atoms with Crippen LogP contribution in [-0.2, 0) is 5.75 Å². The molecule has 3 heteroatoms. The van der Waals surface area contributed by atoms with E-state index in [4.69, 9.17) is 0 Å². The van der Waals surface area contributed by atoms with Gasteiger partial charge in [0.25, 0.3) is 0 Å². The SMILES string of the molecule is Cc1cccc(CSc2c(C#N)cnc3ccccc23)c1. The van der Waals surface area contributed by atoms with Gasteiger partial charge < -0.3 is 0 Å². The third-order valence-electron chi connectivity index (χ3n) is 3.31. The Morgan fingerprint density at radius 1 is 1.14 bits per heavy atom. The van der Waals surface area contributed by atoms with Crippen molar-refractivity contribution < 1.29 is 0 Å². The first-order chi connectivity index (χ1) is 10.3. The van der Waals surface area contributed by atoms with Crippen molar-refractivity contribution in [2.45, 2.75) is 17.6 Å². The van der Waals surface area contributed by atoms with Crippen LogP contribution in [0.5, 0.6) is 0 Å². The number of hydrogen-bond donors (Lipinski definition) is 0. The highest BCUT2D eigenvalue weighted by molar-refractivity contribution is 7.98. The lowest BCUT2D eigenvalue weighted by molar-refractivity contribution is 1.29. The molecule has 21 heavy (non-hydrogen) atoms. The Labute approximate surface area is 128 Å². The molecule has 0 bridgehead atoms. The maximum Gasteiger partial charge on any atom is 0.102 e. The van der Waals surface area contributed by atoms with Crippen LogP contribution in [0.3, 0.4) is 0 Å². The van der Waals surface area contributed by atoms with Gasteiger partial charge in [0, 0.05) is 22.2 Å². The van der Waals surface area contributed by atoms with E-state index in [0.717, 1.165) is 21.6 Å². The summed E-state index contributed by atoms with van der Waals surface area (Å²) in [5, 5.41) is 10.4. The molecule has 0 saturated heterocycles. The molecule has 0 amide bonds. The second kappa shape index (κ2) is 5.99. The first-order valence-electron chi connectivity index (χ1n) is 6.74. The van der Waals surface area contributed by atoms with E-state index in [1.165, 1.54) is 11.1 Å². The van der Waals surface area contributed by atoms with Crippen molar-refractivity contribution in [2.75, 3.05) is 0 Å². The third-order valence-corrected chi connectivity index (χ3v) is 4.52. The van der Waals surface area contributed by atoms with E-state index >= 15 is 0 Å². The highest BCUT2D eigenvalue weighted by Crippen LogP contribution is 2.32. The average molecular weight is 290 g/mol. The fourth-order valence-electron chi connectivity index (χ4n) is 2.31. The zero-order chi connectivity index (χ0) is 14.7. The van der Waals surface area contributed by atoms with Crippen molar-refractivity contribution in [3.8, 4) is 6.07 Å². The predicted octanol–water partition coefficient (Wildman–Crippen LogP) is 4.71. The summed E-state index contributed by atoms with van der Waals surface area (Å²) in [6, 6.07) is 18.7. The van der Waals surface area contributed by atoms with Crippen molar-refractivity contribution in [3.05, 3.63) is 71.4 Å². The molecule has 3 aromatic rings. The molecule has 3 rings (SSSR count). The molecular weight excluding hydrogens is 276 g/mol. The molecule has 2 aromatic carbocycles. The molecule has 102 valence electrons. The molecule has 0 aliphatic rings. The second-order valence-electron chi connectivity index (χ2n) is 4.91. The zero-order valence-electron chi connectivity index (χ0n) is 11.7. The van der Waals surface area contributed by atoms with Gasteiger partial charge in [0.05, 0.1) is 11.1 Å². The van der Waals surface area contributed by atoms with Crippen molar-refractivity contribution in [2.24, 2.45) is 0 Å². The molecule has 1 aromatic heterocycles. The Hall–Kier alpha value is -2.31. The summed E-state index contributed by atoms with van der Waals surface area (Å²) in [7, 11) is 0. The lowest BCUT2D eigenvalue weighted by Crippen LogP contribution is -1.89. The van der Waals surface area contributed by atoms with Gasteiger partial charge in [0.15, 0.2) is 0 Å². The zero-order valence-corrected chi connectivity index (χ0v) is 12.5. The number of nitriles is 1. The third kappa shape index (κ3) is 2.91. The Morgan fingerprint density at radius 3 is 2.81 bits per heavy atom. The van der Waals surface area contributed by atoms with Crippen LogP contribution < -0.4 is 0 Å². The number of hydrogen-bond acceptors (Lipinski definition) is 3. The number of aromatic nitrogens is 1. The van der Waals surface area contributed by atoms with Crippen LogP contribution >= 0.6 is 11.8 Å². The molecule has 0 fully saturated rings. The summed E-state index contributed by atoms with van der Waals surface area (Å²) >= 11 is 1.70. The van der Waals surface area contributed by atoms with E-state index in [9.17, 15) is 5.26 Å².